The molecule has 1 aliphatic carbocycles. The molecule has 1 aliphatic rings. The number of aryl methyl sites for hydroxylation is 1. The van der Waals surface area contributed by atoms with Crippen molar-refractivity contribution in [3.8, 4) is 0 Å². The monoisotopic (exact) mass is 284 g/mol. The first-order valence-corrected chi connectivity index (χ1v) is 7.86. The zero-order valence-corrected chi connectivity index (χ0v) is 12.9. The van der Waals surface area contributed by atoms with Gasteiger partial charge in [-0.2, -0.15) is 5.10 Å². The minimum Gasteiger partial charge on any atom is -0.361 e. The first-order chi connectivity index (χ1) is 10.2. The molecule has 2 unspecified atom stereocenters. The van der Waals surface area contributed by atoms with Crippen molar-refractivity contribution in [3.05, 3.63) is 30.0 Å². The maximum Gasteiger partial charge on any atom is 0.157 e. The maximum absolute atomic E-state index is 6.14. The topological polar surface area (TPSA) is 63.8 Å². The van der Waals surface area contributed by atoms with Crippen LogP contribution in [0, 0.1) is 12.8 Å². The summed E-state index contributed by atoms with van der Waals surface area (Å²) in [5.74, 6) is 1.42. The number of hydrogen-bond donors (Lipinski definition) is 2. The highest BCUT2D eigenvalue weighted by atomic mass is 15.2. The van der Waals surface area contributed by atoms with Crippen molar-refractivity contribution < 1.29 is 0 Å². The smallest absolute Gasteiger partial charge is 0.157 e. The van der Waals surface area contributed by atoms with Gasteiger partial charge in [0.15, 0.2) is 5.82 Å². The Labute approximate surface area is 126 Å². The largest absolute Gasteiger partial charge is 0.361 e. The fourth-order valence-electron chi connectivity index (χ4n) is 3.52. The number of nitrogens with two attached hydrogens (primary N) is 1. The highest BCUT2D eigenvalue weighted by molar-refractivity contribution is 5.93. The van der Waals surface area contributed by atoms with Crippen LogP contribution in [0.4, 0.5) is 5.82 Å². The molecule has 0 spiro atoms. The molecule has 3 N–H and O–H groups in total. The molecule has 1 fully saturated rings. The van der Waals surface area contributed by atoms with Gasteiger partial charge in [0.1, 0.15) is 0 Å². The standard InChI is InChI=1S/C17H24N4/c1-12-7-5-6-10-17(12,11-18)19-16-15-9-4-3-8-14(15)13(2)20-21-16/h3-4,8-9,12H,5-7,10-11,18H2,1-2H3,(H,19,21). The third-order valence-corrected chi connectivity index (χ3v) is 5.06. The molecule has 1 saturated carbocycles. The van der Waals surface area contributed by atoms with Crippen LogP contribution in [0.1, 0.15) is 38.3 Å². The molecular formula is C17H24N4. The van der Waals surface area contributed by atoms with E-state index in [1.165, 1.54) is 19.3 Å². The Hall–Kier alpha value is -1.68. The van der Waals surface area contributed by atoms with Gasteiger partial charge in [0, 0.05) is 17.3 Å². The second-order valence-electron chi connectivity index (χ2n) is 6.31. The van der Waals surface area contributed by atoms with E-state index in [9.17, 15) is 0 Å². The van der Waals surface area contributed by atoms with E-state index < -0.39 is 0 Å². The molecule has 2 aromatic rings. The predicted molar refractivity (Wildman–Crippen MR) is 87.3 cm³/mol. The van der Waals surface area contributed by atoms with E-state index in [0.29, 0.717) is 12.5 Å². The molecule has 21 heavy (non-hydrogen) atoms. The summed E-state index contributed by atoms with van der Waals surface area (Å²) in [6.07, 6.45) is 4.85. The summed E-state index contributed by atoms with van der Waals surface area (Å²) in [6.45, 7) is 4.93. The van der Waals surface area contributed by atoms with E-state index in [1.54, 1.807) is 0 Å². The molecule has 0 bridgehead atoms. The fourth-order valence-corrected chi connectivity index (χ4v) is 3.52. The molecule has 0 saturated heterocycles. The fraction of sp³-hybridized carbons (Fsp3) is 0.529. The molecule has 4 nitrogen and oxygen atoms in total. The van der Waals surface area contributed by atoms with Gasteiger partial charge in [-0.25, -0.2) is 0 Å². The van der Waals surface area contributed by atoms with Crippen molar-refractivity contribution in [1.29, 1.82) is 0 Å². The van der Waals surface area contributed by atoms with Crippen LogP contribution in [0.5, 0.6) is 0 Å². The predicted octanol–water partition coefficient (Wildman–Crippen LogP) is 3.26. The molecular weight excluding hydrogens is 260 g/mol. The molecule has 4 heteroatoms. The minimum absolute atomic E-state index is 0.0506. The lowest BCUT2D eigenvalue weighted by molar-refractivity contribution is 0.235. The summed E-state index contributed by atoms with van der Waals surface area (Å²) in [5, 5.41) is 14.7. The number of nitrogens with zero attached hydrogens (tertiary/aromatic N) is 2. The van der Waals surface area contributed by atoms with Crippen LogP contribution in [0.15, 0.2) is 24.3 Å². The Morgan fingerprint density at radius 1 is 1.24 bits per heavy atom. The number of anilines is 1. The lowest BCUT2D eigenvalue weighted by Gasteiger charge is -2.43. The van der Waals surface area contributed by atoms with Gasteiger partial charge in [-0.3, -0.25) is 0 Å². The first-order valence-electron chi connectivity index (χ1n) is 7.86. The van der Waals surface area contributed by atoms with Crippen LogP contribution in [-0.2, 0) is 0 Å². The normalized spacial score (nSPS) is 26.0. The van der Waals surface area contributed by atoms with Crippen molar-refractivity contribution in [2.24, 2.45) is 11.7 Å². The van der Waals surface area contributed by atoms with Crippen LogP contribution < -0.4 is 11.1 Å². The van der Waals surface area contributed by atoms with Gasteiger partial charge in [-0.15, -0.1) is 5.10 Å². The molecule has 0 aliphatic heterocycles. The zero-order chi connectivity index (χ0) is 14.9. The summed E-state index contributed by atoms with van der Waals surface area (Å²) in [7, 11) is 0. The van der Waals surface area contributed by atoms with Crippen molar-refractivity contribution in [1.82, 2.24) is 10.2 Å². The second-order valence-corrected chi connectivity index (χ2v) is 6.31. The van der Waals surface area contributed by atoms with Crippen molar-refractivity contribution in [2.75, 3.05) is 11.9 Å². The van der Waals surface area contributed by atoms with E-state index in [0.717, 1.165) is 28.7 Å². The summed E-state index contributed by atoms with van der Waals surface area (Å²) < 4.78 is 0. The molecule has 3 rings (SSSR count). The van der Waals surface area contributed by atoms with E-state index in [4.69, 9.17) is 5.73 Å². The lowest BCUT2D eigenvalue weighted by Crippen LogP contribution is -2.52. The minimum atomic E-state index is -0.0506. The van der Waals surface area contributed by atoms with Gasteiger partial charge in [0.25, 0.3) is 0 Å². The highest BCUT2D eigenvalue weighted by Gasteiger charge is 2.37. The second kappa shape index (κ2) is 5.60. The molecule has 1 aromatic heterocycles. The number of benzene rings is 1. The number of aromatic nitrogens is 2. The van der Waals surface area contributed by atoms with Crippen LogP contribution in [0.2, 0.25) is 0 Å². The first kappa shape index (κ1) is 14.3. The Morgan fingerprint density at radius 2 is 2.00 bits per heavy atom. The van der Waals surface area contributed by atoms with Crippen molar-refractivity contribution in [2.45, 2.75) is 45.1 Å². The van der Waals surface area contributed by atoms with E-state index in [2.05, 4.69) is 34.6 Å². The Balaban J connectivity index is 2.03. The van der Waals surface area contributed by atoms with Gasteiger partial charge in [0.2, 0.25) is 0 Å². The third kappa shape index (κ3) is 2.48. The molecule has 2 atom stereocenters. The average molecular weight is 284 g/mol. The van der Waals surface area contributed by atoms with Crippen molar-refractivity contribution >= 4 is 16.6 Å². The Bertz CT molecular complexity index is 640. The Morgan fingerprint density at radius 3 is 2.71 bits per heavy atom. The van der Waals surface area contributed by atoms with Crippen LogP contribution in [-0.4, -0.2) is 22.3 Å². The molecule has 112 valence electrons. The molecule has 1 aromatic carbocycles. The number of hydrogen-bond acceptors (Lipinski definition) is 4. The summed E-state index contributed by atoms with van der Waals surface area (Å²) in [4.78, 5) is 0. The van der Waals surface area contributed by atoms with Gasteiger partial charge in [-0.1, -0.05) is 44.0 Å². The summed E-state index contributed by atoms with van der Waals surface area (Å²) in [6, 6.07) is 8.30. The highest BCUT2D eigenvalue weighted by Crippen LogP contribution is 2.36. The van der Waals surface area contributed by atoms with Gasteiger partial charge in [-0.05, 0) is 25.7 Å². The SMILES string of the molecule is Cc1nnc(NC2(CN)CCCCC2C)c2ccccc12. The van der Waals surface area contributed by atoms with Crippen molar-refractivity contribution in [3.63, 3.8) is 0 Å². The maximum atomic E-state index is 6.14. The number of rotatable bonds is 3. The van der Waals surface area contributed by atoms with E-state index in [1.807, 2.05) is 19.1 Å². The molecule has 1 heterocycles. The van der Waals surface area contributed by atoms with E-state index in [-0.39, 0.29) is 5.54 Å². The van der Waals surface area contributed by atoms with Crippen LogP contribution >= 0.6 is 0 Å². The van der Waals surface area contributed by atoms with Crippen LogP contribution in [0.3, 0.4) is 0 Å². The number of fused-ring (bicyclic) bond motifs is 1. The van der Waals surface area contributed by atoms with Gasteiger partial charge >= 0.3 is 0 Å². The van der Waals surface area contributed by atoms with E-state index >= 15 is 0 Å². The van der Waals surface area contributed by atoms with Crippen LogP contribution in [0.25, 0.3) is 10.8 Å². The van der Waals surface area contributed by atoms with Gasteiger partial charge in [0.05, 0.1) is 11.2 Å². The quantitative estimate of drug-likeness (QED) is 0.908. The Kier molecular flexibility index (Phi) is 3.81. The summed E-state index contributed by atoms with van der Waals surface area (Å²) in [5.41, 5.74) is 7.06. The number of nitrogens with one attached hydrogen (secondary N) is 1. The third-order valence-electron chi connectivity index (χ3n) is 5.06. The average Bonchev–Trinajstić information content (AvgIpc) is 2.52. The molecule has 0 amide bonds. The zero-order valence-electron chi connectivity index (χ0n) is 12.9. The lowest BCUT2D eigenvalue weighted by atomic mass is 9.73. The summed E-state index contributed by atoms with van der Waals surface area (Å²) >= 11 is 0. The molecule has 0 radical (unpaired) electrons. The van der Waals surface area contributed by atoms with Gasteiger partial charge < -0.3 is 11.1 Å².